The fourth-order valence-corrected chi connectivity index (χ4v) is 5.36. The van der Waals surface area contributed by atoms with Crippen LogP contribution in [0.5, 0.6) is 5.75 Å². The molecule has 0 atom stereocenters. The molecule has 3 heterocycles. The highest BCUT2D eigenvalue weighted by Gasteiger charge is 2.23. The van der Waals surface area contributed by atoms with Crippen molar-refractivity contribution in [1.82, 2.24) is 14.9 Å². The standard InChI is InChI=1S/C21H24N4O2S2/c1-3-15-12-16-20(22-14-23-21(16)29-15)28-13-19(26)25-10-8-24(9-11-25)17-6-4-5-7-18(17)27-2/h4-7,12,14H,3,8-11,13H2,1-2H3. The van der Waals surface area contributed by atoms with E-state index in [4.69, 9.17) is 4.74 Å². The Labute approximate surface area is 178 Å². The molecule has 0 unspecified atom stereocenters. The molecule has 1 saturated heterocycles. The minimum absolute atomic E-state index is 0.160. The van der Waals surface area contributed by atoms with Gasteiger partial charge in [-0.3, -0.25) is 4.79 Å². The molecule has 152 valence electrons. The third-order valence-corrected chi connectivity index (χ3v) is 7.26. The maximum Gasteiger partial charge on any atom is 0.233 e. The van der Waals surface area contributed by atoms with Gasteiger partial charge in [0.1, 0.15) is 21.9 Å². The van der Waals surface area contributed by atoms with Gasteiger partial charge in [-0.05, 0) is 24.6 Å². The summed E-state index contributed by atoms with van der Waals surface area (Å²) in [6, 6.07) is 10.2. The molecule has 1 aliphatic rings. The number of thioether (sulfide) groups is 1. The number of methoxy groups -OCH3 is 1. The largest absolute Gasteiger partial charge is 0.495 e. The van der Waals surface area contributed by atoms with Gasteiger partial charge in [0, 0.05) is 36.4 Å². The number of amides is 1. The molecule has 29 heavy (non-hydrogen) atoms. The first-order valence-electron chi connectivity index (χ1n) is 9.71. The van der Waals surface area contributed by atoms with Crippen LogP contribution in [0, 0.1) is 0 Å². The Kier molecular flexibility index (Phi) is 6.20. The number of hydrogen-bond donors (Lipinski definition) is 0. The molecule has 6 nitrogen and oxygen atoms in total. The number of benzene rings is 1. The van der Waals surface area contributed by atoms with Crippen LogP contribution < -0.4 is 9.64 Å². The van der Waals surface area contributed by atoms with E-state index in [1.807, 2.05) is 23.1 Å². The number of piperazine rings is 1. The van der Waals surface area contributed by atoms with Crippen molar-refractivity contribution in [3.8, 4) is 5.75 Å². The van der Waals surface area contributed by atoms with E-state index in [0.717, 1.165) is 59.3 Å². The van der Waals surface area contributed by atoms with Crippen LogP contribution in [0.2, 0.25) is 0 Å². The van der Waals surface area contributed by atoms with Crippen molar-refractivity contribution in [2.45, 2.75) is 18.4 Å². The van der Waals surface area contributed by atoms with Gasteiger partial charge in [0.25, 0.3) is 0 Å². The van der Waals surface area contributed by atoms with Gasteiger partial charge in [0.05, 0.1) is 18.6 Å². The first-order valence-corrected chi connectivity index (χ1v) is 11.5. The molecule has 1 fully saturated rings. The fourth-order valence-electron chi connectivity index (χ4n) is 3.48. The van der Waals surface area contributed by atoms with Crippen molar-refractivity contribution < 1.29 is 9.53 Å². The number of thiophene rings is 1. The summed E-state index contributed by atoms with van der Waals surface area (Å²) in [6.07, 6.45) is 2.58. The summed E-state index contributed by atoms with van der Waals surface area (Å²) in [5.74, 6) is 1.43. The van der Waals surface area contributed by atoms with Gasteiger partial charge < -0.3 is 14.5 Å². The second kappa shape index (κ2) is 9.00. The number of para-hydroxylation sites is 2. The number of aryl methyl sites for hydroxylation is 1. The number of rotatable bonds is 6. The number of carbonyl (C=O) groups is 1. The zero-order valence-corrected chi connectivity index (χ0v) is 18.3. The van der Waals surface area contributed by atoms with Gasteiger partial charge in [-0.1, -0.05) is 30.8 Å². The molecular weight excluding hydrogens is 404 g/mol. The number of aromatic nitrogens is 2. The minimum atomic E-state index is 0.160. The Bertz CT molecular complexity index is 999. The van der Waals surface area contributed by atoms with E-state index in [-0.39, 0.29) is 5.91 Å². The van der Waals surface area contributed by atoms with E-state index >= 15 is 0 Å². The van der Waals surface area contributed by atoms with Crippen molar-refractivity contribution >= 4 is 44.9 Å². The number of hydrogen-bond acceptors (Lipinski definition) is 7. The van der Waals surface area contributed by atoms with Gasteiger partial charge in [0.15, 0.2) is 0 Å². The van der Waals surface area contributed by atoms with Crippen LogP contribution in [0.4, 0.5) is 5.69 Å². The predicted molar refractivity (Wildman–Crippen MR) is 119 cm³/mol. The maximum absolute atomic E-state index is 12.8. The first-order chi connectivity index (χ1) is 14.2. The molecule has 0 N–H and O–H groups in total. The number of nitrogens with zero attached hydrogens (tertiary/aromatic N) is 4. The fraction of sp³-hybridized carbons (Fsp3) is 0.381. The van der Waals surface area contributed by atoms with Crippen molar-refractivity contribution in [2.24, 2.45) is 0 Å². The lowest BCUT2D eigenvalue weighted by molar-refractivity contribution is -0.128. The molecule has 1 aliphatic heterocycles. The average Bonchev–Trinajstić information content (AvgIpc) is 3.21. The quantitative estimate of drug-likeness (QED) is 0.441. The van der Waals surface area contributed by atoms with Crippen molar-refractivity contribution in [2.75, 3.05) is 43.9 Å². The van der Waals surface area contributed by atoms with Crippen molar-refractivity contribution in [1.29, 1.82) is 0 Å². The molecule has 1 amide bonds. The highest BCUT2D eigenvalue weighted by molar-refractivity contribution is 8.00. The van der Waals surface area contributed by atoms with E-state index in [1.54, 1.807) is 24.8 Å². The molecule has 8 heteroatoms. The summed E-state index contributed by atoms with van der Waals surface area (Å²) >= 11 is 3.21. The van der Waals surface area contributed by atoms with E-state index in [2.05, 4.69) is 33.9 Å². The number of ether oxygens (including phenoxy) is 1. The predicted octanol–water partition coefficient (Wildman–Crippen LogP) is 3.70. The molecule has 0 saturated carbocycles. The SMILES string of the molecule is CCc1cc2c(SCC(=O)N3CCN(c4ccccc4OC)CC3)ncnc2s1. The Hall–Kier alpha value is -2.32. The third-order valence-electron chi connectivity index (χ3n) is 5.08. The number of carbonyl (C=O) groups excluding carboxylic acids is 1. The molecule has 0 spiro atoms. The van der Waals surface area contributed by atoms with E-state index in [9.17, 15) is 4.79 Å². The van der Waals surface area contributed by atoms with Gasteiger partial charge in [0.2, 0.25) is 5.91 Å². The molecule has 3 aromatic rings. The zero-order valence-electron chi connectivity index (χ0n) is 16.6. The lowest BCUT2D eigenvalue weighted by Gasteiger charge is -2.36. The van der Waals surface area contributed by atoms with Gasteiger partial charge in [-0.25, -0.2) is 9.97 Å². The summed E-state index contributed by atoms with van der Waals surface area (Å²) in [5.41, 5.74) is 1.09. The summed E-state index contributed by atoms with van der Waals surface area (Å²) in [4.78, 5) is 28.0. The molecule has 0 radical (unpaired) electrons. The Morgan fingerprint density at radius 1 is 1.21 bits per heavy atom. The molecule has 4 rings (SSSR count). The maximum atomic E-state index is 12.8. The third kappa shape index (κ3) is 4.33. The molecule has 2 aromatic heterocycles. The number of fused-ring (bicyclic) bond motifs is 1. The molecule has 0 aliphatic carbocycles. The minimum Gasteiger partial charge on any atom is -0.495 e. The Balaban J connectivity index is 1.35. The Morgan fingerprint density at radius 3 is 2.76 bits per heavy atom. The van der Waals surface area contributed by atoms with E-state index in [0.29, 0.717) is 5.75 Å². The normalized spacial score (nSPS) is 14.4. The summed E-state index contributed by atoms with van der Waals surface area (Å²) in [7, 11) is 1.69. The van der Waals surface area contributed by atoms with Gasteiger partial charge in [-0.15, -0.1) is 11.3 Å². The smallest absolute Gasteiger partial charge is 0.233 e. The van der Waals surface area contributed by atoms with Gasteiger partial charge in [-0.2, -0.15) is 0 Å². The lowest BCUT2D eigenvalue weighted by Crippen LogP contribution is -2.49. The monoisotopic (exact) mass is 428 g/mol. The van der Waals surface area contributed by atoms with Crippen LogP contribution in [0.1, 0.15) is 11.8 Å². The second-order valence-electron chi connectivity index (χ2n) is 6.79. The van der Waals surface area contributed by atoms with Gasteiger partial charge >= 0.3 is 0 Å². The van der Waals surface area contributed by atoms with Crippen LogP contribution in [0.15, 0.2) is 41.7 Å². The number of anilines is 1. The molecular formula is C21H24N4O2S2. The molecule has 0 bridgehead atoms. The summed E-state index contributed by atoms with van der Waals surface area (Å²) in [5, 5.41) is 1.96. The van der Waals surface area contributed by atoms with Crippen LogP contribution in [0.3, 0.4) is 0 Å². The highest BCUT2D eigenvalue weighted by Crippen LogP contribution is 2.31. The highest BCUT2D eigenvalue weighted by atomic mass is 32.2. The van der Waals surface area contributed by atoms with E-state index in [1.165, 1.54) is 16.6 Å². The van der Waals surface area contributed by atoms with Crippen LogP contribution in [-0.4, -0.2) is 59.8 Å². The summed E-state index contributed by atoms with van der Waals surface area (Å²) < 4.78 is 5.47. The van der Waals surface area contributed by atoms with Crippen molar-refractivity contribution in [3.63, 3.8) is 0 Å². The zero-order chi connectivity index (χ0) is 20.2. The first kappa shape index (κ1) is 20.0. The van der Waals surface area contributed by atoms with Crippen LogP contribution in [-0.2, 0) is 11.2 Å². The average molecular weight is 429 g/mol. The lowest BCUT2D eigenvalue weighted by atomic mass is 10.2. The van der Waals surface area contributed by atoms with E-state index < -0.39 is 0 Å². The van der Waals surface area contributed by atoms with Crippen LogP contribution >= 0.6 is 23.1 Å². The summed E-state index contributed by atoms with van der Waals surface area (Å²) in [6.45, 7) is 5.18. The van der Waals surface area contributed by atoms with Crippen molar-refractivity contribution in [3.05, 3.63) is 41.5 Å². The van der Waals surface area contributed by atoms with Crippen LogP contribution in [0.25, 0.3) is 10.2 Å². The Morgan fingerprint density at radius 2 is 2.00 bits per heavy atom. The molecule has 1 aromatic carbocycles. The second-order valence-corrected chi connectivity index (χ2v) is 8.87. The topological polar surface area (TPSA) is 58.6 Å².